The number of carboxylic acid groups (broad SMARTS) is 1. The zero-order valence-electron chi connectivity index (χ0n) is 19.0. The maximum Gasteiger partial charge on any atom is 1.00 e. The van der Waals surface area contributed by atoms with Gasteiger partial charge in [-0.1, -0.05) is 32.1 Å². The summed E-state index contributed by atoms with van der Waals surface area (Å²) < 4.78 is 48.4. The number of aromatic hydroxyl groups is 1. The number of phenolic OH excluding ortho intramolecular Hbond substituents is 1. The van der Waals surface area contributed by atoms with Crippen LogP contribution in [0.25, 0.3) is 0 Å². The molecular formula is C19H28K2O9S. The van der Waals surface area contributed by atoms with Gasteiger partial charge < -0.3 is 33.2 Å². The van der Waals surface area contributed by atoms with E-state index in [1.165, 1.54) is 14.2 Å². The Labute approximate surface area is 269 Å². The van der Waals surface area contributed by atoms with E-state index in [0.717, 1.165) is 32.1 Å². The molecule has 0 aliphatic rings. The summed E-state index contributed by atoms with van der Waals surface area (Å²) >= 11 is 0. The molecule has 0 saturated carbocycles. The molecule has 0 aliphatic heterocycles. The predicted octanol–water partition coefficient (Wildman–Crippen LogP) is -4.02. The first-order valence-electron chi connectivity index (χ1n) is 9.43. The Balaban J connectivity index is 0. The monoisotopic (exact) mass is 510 g/mol. The maximum absolute atomic E-state index is 11.2. The number of rotatable bonds is 14. The number of carboxylic acids is 1. The summed E-state index contributed by atoms with van der Waals surface area (Å²) in [5.74, 6) is -1.77. The van der Waals surface area contributed by atoms with Crippen molar-refractivity contribution in [1.82, 2.24) is 0 Å². The molecule has 0 unspecified atom stereocenters. The molecule has 31 heavy (non-hydrogen) atoms. The Morgan fingerprint density at radius 1 is 0.903 bits per heavy atom. The van der Waals surface area contributed by atoms with Crippen LogP contribution < -0.4 is 122 Å². The molecule has 0 radical (unpaired) electrons. The molecule has 1 aromatic carbocycles. The molecule has 1 N–H and O–H groups in total. The average molecular weight is 511 g/mol. The van der Waals surface area contributed by atoms with Crippen LogP contribution in [0.2, 0.25) is 0 Å². The van der Waals surface area contributed by atoms with Crippen molar-refractivity contribution in [3.05, 3.63) is 11.1 Å². The quantitative estimate of drug-likeness (QED) is 0.114. The molecule has 0 atom stereocenters. The van der Waals surface area contributed by atoms with Crippen LogP contribution in [0.3, 0.4) is 0 Å². The zero-order chi connectivity index (χ0) is 22.0. The Kier molecular flexibility index (Phi) is 19.3. The summed E-state index contributed by atoms with van der Waals surface area (Å²) in [6.45, 7) is 1.58. The van der Waals surface area contributed by atoms with Gasteiger partial charge in [0.05, 0.1) is 14.2 Å². The largest absolute Gasteiger partial charge is 1.00 e. The first kappa shape index (κ1) is 34.2. The van der Waals surface area contributed by atoms with E-state index in [1.54, 1.807) is 6.92 Å². The number of unbranched alkanes of at least 4 members (excludes halogenated alkanes) is 6. The molecule has 12 heteroatoms. The number of hydrogen-bond donors (Lipinski definition) is 1. The van der Waals surface area contributed by atoms with Crippen LogP contribution in [0.15, 0.2) is 0 Å². The van der Waals surface area contributed by atoms with E-state index in [0.29, 0.717) is 30.4 Å². The fourth-order valence-electron chi connectivity index (χ4n) is 3.15. The van der Waals surface area contributed by atoms with Gasteiger partial charge in [0.2, 0.25) is 11.5 Å². The van der Waals surface area contributed by atoms with Gasteiger partial charge in [-0.15, -0.1) is 0 Å². The molecule has 0 spiro atoms. The molecule has 0 saturated heterocycles. The van der Waals surface area contributed by atoms with Gasteiger partial charge >= 0.3 is 103 Å². The number of ether oxygens (including phenoxy) is 2. The molecule has 0 aromatic heterocycles. The van der Waals surface area contributed by atoms with E-state index in [9.17, 15) is 28.0 Å². The standard InChI is InChI=1S/C19H30O9S.2K/c1-13-14(11-9-7-5-4-6-8-10-12-15(20)21)17(28-29(23,24)25)19(27-3)18(26-2)16(13)22;;/h22H,4-12H2,1-3H3,(H,20,21)(H,23,24,25);;/q;2*+1/p-2. The molecule has 1 aromatic rings. The summed E-state index contributed by atoms with van der Waals surface area (Å²) in [5, 5.41) is 20.7. The van der Waals surface area contributed by atoms with Crippen molar-refractivity contribution in [3.63, 3.8) is 0 Å². The van der Waals surface area contributed by atoms with Crippen LogP contribution in [0.5, 0.6) is 23.0 Å². The Morgan fingerprint density at radius 2 is 1.39 bits per heavy atom. The average Bonchev–Trinajstić information content (AvgIpc) is 2.63. The Morgan fingerprint density at radius 3 is 1.84 bits per heavy atom. The first-order chi connectivity index (χ1) is 13.6. The van der Waals surface area contributed by atoms with Gasteiger partial charge in [0.15, 0.2) is 11.5 Å². The van der Waals surface area contributed by atoms with E-state index >= 15 is 0 Å². The van der Waals surface area contributed by atoms with E-state index in [2.05, 4.69) is 4.18 Å². The van der Waals surface area contributed by atoms with E-state index in [1.807, 2.05) is 0 Å². The summed E-state index contributed by atoms with van der Waals surface area (Å²) in [4.78, 5) is 10.3. The number of carbonyl (C=O) groups is 1. The van der Waals surface area contributed by atoms with Crippen molar-refractivity contribution >= 4 is 16.4 Å². The normalized spacial score (nSPS) is 10.6. The van der Waals surface area contributed by atoms with Crippen LogP contribution in [0.4, 0.5) is 0 Å². The van der Waals surface area contributed by atoms with Gasteiger partial charge in [0.1, 0.15) is 0 Å². The summed E-state index contributed by atoms with van der Waals surface area (Å²) in [5.41, 5.74) is 0.720. The molecule has 166 valence electrons. The summed E-state index contributed by atoms with van der Waals surface area (Å²) in [7, 11) is -2.53. The van der Waals surface area contributed by atoms with Gasteiger partial charge in [0, 0.05) is 17.1 Å². The molecule has 0 bridgehead atoms. The van der Waals surface area contributed by atoms with Crippen molar-refractivity contribution in [3.8, 4) is 23.0 Å². The number of phenols is 1. The zero-order valence-corrected chi connectivity index (χ0v) is 26.0. The third kappa shape index (κ3) is 12.4. The van der Waals surface area contributed by atoms with Gasteiger partial charge in [0.25, 0.3) is 10.4 Å². The van der Waals surface area contributed by atoms with Gasteiger partial charge in [-0.25, -0.2) is 8.42 Å². The number of benzene rings is 1. The predicted molar refractivity (Wildman–Crippen MR) is 102 cm³/mol. The second-order valence-electron chi connectivity index (χ2n) is 6.69. The second-order valence-corrected chi connectivity index (χ2v) is 7.67. The van der Waals surface area contributed by atoms with Crippen molar-refractivity contribution < 1.29 is 144 Å². The Hall–Kier alpha value is 1.07. The van der Waals surface area contributed by atoms with Gasteiger partial charge in [-0.05, 0) is 32.6 Å². The number of hydrogen-bond acceptors (Lipinski definition) is 9. The minimum absolute atomic E-state index is 0. The topological polar surface area (TPSA) is 145 Å². The minimum Gasteiger partial charge on any atom is -0.716 e. The maximum atomic E-state index is 11.2. The first-order valence-corrected chi connectivity index (χ1v) is 10.8. The van der Waals surface area contributed by atoms with Crippen molar-refractivity contribution in [2.75, 3.05) is 14.2 Å². The van der Waals surface area contributed by atoms with Crippen molar-refractivity contribution in [1.29, 1.82) is 0 Å². The number of aliphatic carboxylic acids is 1. The fraction of sp³-hybridized carbons (Fsp3) is 0.632. The molecule has 0 heterocycles. The molecular weight excluding hydrogens is 482 g/mol. The van der Waals surface area contributed by atoms with Crippen molar-refractivity contribution in [2.24, 2.45) is 0 Å². The summed E-state index contributed by atoms with van der Waals surface area (Å²) in [6.07, 6.45) is 6.17. The van der Waals surface area contributed by atoms with Crippen LogP contribution >= 0.6 is 0 Å². The smallest absolute Gasteiger partial charge is 0.716 e. The fourth-order valence-corrected chi connectivity index (χ4v) is 3.53. The van der Waals surface area contributed by atoms with E-state index in [-0.39, 0.29) is 132 Å². The van der Waals surface area contributed by atoms with Crippen molar-refractivity contribution in [2.45, 2.75) is 64.7 Å². The molecule has 0 amide bonds. The molecule has 0 aliphatic carbocycles. The molecule has 9 nitrogen and oxygen atoms in total. The summed E-state index contributed by atoms with van der Waals surface area (Å²) in [6, 6.07) is 0. The molecule has 0 fully saturated rings. The third-order valence-corrected chi connectivity index (χ3v) is 4.98. The van der Waals surface area contributed by atoms with Gasteiger partial charge in [-0.2, -0.15) is 0 Å². The van der Waals surface area contributed by atoms with Crippen LogP contribution in [0, 0.1) is 6.92 Å². The number of methoxy groups -OCH3 is 2. The van der Waals surface area contributed by atoms with Crippen LogP contribution in [0.1, 0.15) is 62.5 Å². The van der Waals surface area contributed by atoms with Crippen LogP contribution in [-0.2, 0) is 21.6 Å². The molecule has 1 rings (SSSR count). The minimum atomic E-state index is -5.05. The van der Waals surface area contributed by atoms with E-state index in [4.69, 9.17) is 9.47 Å². The number of carbonyl (C=O) groups excluding carboxylic acids is 1. The van der Waals surface area contributed by atoms with E-state index < -0.39 is 16.4 Å². The van der Waals surface area contributed by atoms with Gasteiger partial charge in [-0.3, -0.25) is 0 Å². The Bertz CT molecular complexity index is 798. The van der Waals surface area contributed by atoms with Crippen LogP contribution in [-0.4, -0.2) is 38.3 Å². The second kappa shape index (κ2) is 17.5. The SMILES string of the molecule is COc1c(O)c(C)c(CCCCCCCCCC(=O)[O-])c(OS(=O)(=O)[O-])c1OC.[K+].[K+]. The third-order valence-electron chi connectivity index (χ3n) is 4.61.